The summed E-state index contributed by atoms with van der Waals surface area (Å²) in [5, 5.41) is 9.92. The highest BCUT2D eigenvalue weighted by atomic mass is 16.5. The van der Waals surface area contributed by atoms with E-state index >= 15 is 0 Å². The molecule has 0 aromatic heterocycles. The first kappa shape index (κ1) is 13.2. The van der Waals surface area contributed by atoms with E-state index in [0.717, 1.165) is 12.8 Å². The summed E-state index contributed by atoms with van der Waals surface area (Å²) in [5.74, 6) is -2.48. The molecule has 5 heteroatoms. The second-order valence-electron chi connectivity index (χ2n) is 5.08. The Bertz CT molecular complexity index is 372. The molecule has 0 bridgehead atoms. The summed E-state index contributed by atoms with van der Waals surface area (Å²) in [7, 11) is 0. The highest BCUT2D eigenvalue weighted by Gasteiger charge is 2.46. The Morgan fingerprint density at radius 3 is 2.50 bits per heavy atom. The lowest BCUT2D eigenvalue weighted by Gasteiger charge is -2.29. The number of carbonyl (C=O) groups is 3. The molecule has 0 saturated heterocycles. The van der Waals surface area contributed by atoms with Crippen LogP contribution in [0.2, 0.25) is 0 Å². The molecule has 5 nitrogen and oxygen atoms in total. The average molecular weight is 254 g/mol. The van der Waals surface area contributed by atoms with Crippen LogP contribution in [0.1, 0.15) is 32.6 Å². The molecule has 0 aromatic rings. The van der Waals surface area contributed by atoms with E-state index in [2.05, 4.69) is 0 Å². The van der Waals surface area contributed by atoms with E-state index in [4.69, 9.17) is 4.74 Å². The van der Waals surface area contributed by atoms with Gasteiger partial charge in [0.1, 0.15) is 17.5 Å². The zero-order valence-electron chi connectivity index (χ0n) is 10.4. The third-order valence-corrected chi connectivity index (χ3v) is 3.61. The molecule has 3 atom stereocenters. The molecule has 1 N–H and O–H groups in total. The molecule has 3 unspecified atom stereocenters. The van der Waals surface area contributed by atoms with Crippen LogP contribution in [-0.2, 0) is 19.1 Å². The fourth-order valence-corrected chi connectivity index (χ4v) is 2.51. The van der Waals surface area contributed by atoms with Gasteiger partial charge in [-0.1, -0.05) is 0 Å². The van der Waals surface area contributed by atoms with Gasteiger partial charge in [0, 0.05) is 12.3 Å². The molecule has 2 rings (SSSR count). The predicted molar refractivity (Wildman–Crippen MR) is 61.6 cm³/mol. The minimum Gasteiger partial charge on any atom is -0.466 e. The first-order valence-corrected chi connectivity index (χ1v) is 6.45. The van der Waals surface area contributed by atoms with Gasteiger partial charge in [0.2, 0.25) is 0 Å². The van der Waals surface area contributed by atoms with E-state index in [1.54, 1.807) is 6.92 Å². The molecular formula is C13H18O5. The molecule has 2 aliphatic carbocycles. The Labute approximate surface area is 105 Å². The lowest BCUT2D eigenvalue weighted by Crippen LogP contribution is -2.44. The SMILES string of the molecule is CCOC(=O)C1CC(=O)C(C(=O)C2CC2)C(O)C1. The molecule has 18 heavy (non-hydrogen) atoms. The number of rotatable bonds is 4. The molecule has 0 aromatic carbocycles. The number of hydrogen-bond donors (Lipinski definition) is 1. The van der Waals surface area contributed by atoms with Gasteiger partial charge >= 0.3 is 5.97 Å². The Morgan fingerprint density at radius 1 is 1.33 bits per heavy atom. The van der Waals surface area contributed by atoms with Crippen LogP contribution < -0.4 is 0 Å². The van der Waals surface area contributed by atoms with E-state index in [-0.39, 0.29) is 36.9 Å². The van der Waals surface area contributed by atoms with Gasteiger partial charge in [-0.05, 0) is 26.2 Å². The second kappa shape index (κ2) is 5.18. The Kier molecular flexibility index (Phi) is 3.80. The first-order chi connectivity index (χ1) is 8.54. The van der Waals surface area contributed by atoms with E-state index in [1.807, 2.05) is 0 Å². The van der Waals surface area contributed by atoms with Gasteiger partial charge in [-0.15, -0.1) is 0 Å². The third-order valence-electron chi connectivity index (χ3n) is 3.61. The van der Waals surface area contributed by atoms with Crippen molar-refractivity contribution in [2.45, 2.75) is 38.7 Å². The van der Waals surface area contributed by atoms with Gasteiger partial charge in [-0.3, -0.25) is 14.4 Å². The van der Waals surface area contributed by atoms with Crippen LogP contribution in [-0.4, -0.2) is 35.4 Å². The summed E-state index contributed by atoms with van der Waals surface area (Å²) in [6, 6.07) is 0. The molecule has 2 aliphatic rings. The van der Waals surface area contributed by atoms with Gasteiger partial charge in [0.15, 0.2) is 0 Å². The second-order valence-corrected chi connectivity index (χ2v) is 5.08. The fourth-order valence-electron chi connectivity index (χ4n) is 2.51. The van der Waals surface area contributed by atoms with E-state index in [0.29, 0.717) is 0 Å². The van der Waals surface area contributed by atoms with Crippen LogP contribution in [0.3, 0.4) is 0 Å². The summed E-state index contributed by atoms with van der Waals surface area (Å²) in [4.78, 5) is 35.3. The maximum Gasteiger partial charge on any atom is 0.309 e. The van der Waals surface area contributed by atoms with Crippen molar-refractivity contribution in [1.82, 2.24) is 0 Å². The van der Waals surface area contributed by atoms with E-state index in [9.17, 15) is 19.5 Å². The smallest absolute Gasteiger partial charge is 0.309 e. The summed E-state index contributed by atoms with van der Waals surface area (Å²) >= 11 is 0. The molecule has 0 aliphatic heterocycles. The van der Waals surface area contributed by atoms with Crippen molar-refractivity contribution in [3.05, 3.63) is 0 Å². The van der Waals surface area contributed by atoms with Crippen LogP contribution in [0.4, 0.5) is 0 Å². The molecule has 0 radical (unpaired) electrons. The van der Waals surface area contributed by atoms with Crippen molar-refractivity contribution in [2.75, 3.05) is 6.61 Å². The number of ether oxygens (including phenoxy) is 1. The zero-order chi connectivity index (χ0) is 13.3. The standard InChI is InChI=1S/C13H18O5/c1-2-18-13(17)8-5-9(14)11(10(15)6-8)12(16)7-3-4-7/h7-9,11,14H,2-6H2,1H3. The van der Waals surface area contributed by atoms with Crippen molar-refractivity contribution in [3.8, 4) is 0 Å². The number of esters is 1. The van der Waals surface area contributed by atoms with Gasteiger partial charge in [-0.2, -0.15) is 0 Å². The van der Waals surface area contributed by atoms with Crippen molar-refractivity contribution in [2.24, 2.45) is 17.8 Å². The summed E-state index contributed by atoms with van der Waals surface area (Å²) in [6.45, 7) is 1.95. The van der Waals surface area contributed by atoms with Crippen LogP contribution in [0.5, 0.6) is 0 Å². The van der Waals surface area contributed by atoms with Gasteiger partial charge in [0.25, 0.3) is 0 Å². The maximum atomic E-state index is 11.9. The highest BCUT2D eigenvalue weighted by Crippen LogP contribution is 2.37. The van der Waals surface area contributed by atoms with Crippen molar-refractivity contribution < 1.29 is 24.2 Å². The molecule has 2 saturated carbocycles. The minimum absolute atomic E-state index is 0.0129. The minimum atomic E-state index is -1.03. The number of aliphatic hydroxyl groups is 1. The number of ketones is 2. The molecular weight excluding hydrogens is 236 g/mol. The largest absolute Gasteiger partial charge is 0.466 e. The lowest BCUT2D eigenvalue weighted by molar-refractivity contribution is -0.157. The van der Waals surface area contributed by atoms with Crippen molar-refractivity contribution >= 4 is 17.5 Å². The van der Waals surface area contributed by atoms with Gasteiger partial charge in [-0.25, -0.2) is 0 Å². The maximum absolute atomic E-state index is 11.9. The Hall–Kier alpha value is -1.23. The van der Waals surface area contributed by atoms with Crippen molar-refractivity contribution in [1.29, 1.82) is 0 Å². The fraction of sp³-hybridized carbons (Fsp3) is 0.769. The van der Waals surface area contributed by atoms with Gasteiger partial charge in [0.05, 0.1) is 18.6 Å². The zero-order valence-corrected chi connectivity index (χ0v) is 10.4. The van der Waals surface area contributed by atoms with E-state index < -0.39 is 23.9 Å². The Morgan fingerprint density at radius 2 is 2.00 bits per heavy atom. The molecule has 2 fully saturated rings. The average Bonchev–Trinajstić information content (AvgIpc) is 3.11. The summed E-state index contributed by atoms with van der Waals surface area (Å²) in [6.07, 6.45) is 0.758. The predicted octanol–water partition coefficient (Wildman–Crippen LogP) is 0.485. The first-order valence-electron chi connectivity index (χ1n) is 6.45. The van der Waals surface area contributed by atoms with Crippen LogP contribution >= 0.6 is 0 Å². The van der Waals surface area contributed by atoms with Crippen molar-refractivity contribution in [3.63, 3.8) is 0 Å². The number of Topliss-reactive ketones (excluding diaryl/α,β-unsaturated/α-hetero) is 2. The normalized spacial score (nSPS) is 32.1. The quantitative estimate of drug-likeness (QED) is 0.583. The molecule has 0 amide bonds. The number of carbonyl (C=O) groups excluding carboxylic acids is 3. The summed E-state index contributed by atoms with van der Waals surface area (Å²) < 4.78 is 4.85. The molecule has 0 heterocycles. The third kappa shape index (κ3) is 2.61. The monoisotopic (exact) mass is 254 g/mol. The van der Waals surface area contributed by atoms with Crippen LogP contribution in [0, 0.1) is 17.8 Å². The summed E-state index contributed by atoms with van der Waals surface area (Å²) in [5.41, 5.74) is 0. The van der Waals surface area contributed by atoms with E-state index in [1.165, 1.54) is 0 Å². The van der Waals surface area contributed by atoms with Gasteiger partial charge < -0.3 is 9.84 Å². The lowest BCUT2D eigenvalue weighted by atomic mass is 9.76. The molecule has 0 spiro atoms. The Balaban J connectivity index is 2.01. The number of hydrogen-bond acceptors (Lipinski definition) is 5. The highest BCUT2D eigenvalue weighted by molar-refractivity contribution is 6.06. The molecule has 100 valence electrons. The van der Waals surface area contributed by atoms with Crippen LogP contribution in [0.25, 0.3) is 0 Å². The van der Waals surface area contributed by atoms with Crippen LogP contribution in [0.15, 0.2) is 0 Å². The number of aliphatic hydroxyl groups excluding tert-OH is 1. The topological polar surface area (TPSA) is 80.7 Å².